The van der Waals surface area contributed by atoms with Crippen LogP contribution in [-0.4, -0.2) is 67.7 Å². The summed E-state index contributed by atoms with van der Waals surface area (Å²) in [6.07, 6.45) is 1.88. The van der Waals surface area contributed by atoms with Gasteiger partial charge in [0.05, 0.1) is 17.9 Å². The Bertz CT molecular complexity index is 802. The number of rotatable bonds is 4. The van der Waals surface area contributed by atoms with Crippen molar-refractivity contribution in [2.45, 2.75) is 31.7 Å². The topological polar surface area (TPSA) is 74.8 Å². The highest BCUT2D eigenvalue weighted by atomic mass is 32.2. The van der Waals surface area contributed by atoms with Crippen LogP contribution < -0.4 is 0 Å². The number of piperidine rings is 1. The number of carbonyl (C=O) groups excluding carboxylic acids is 2. The van der Waals surface area contributed by atoms with E-state index in [-0.39, 0.29) is 47.5 Å². The maximum absolute atomic E-state index is 13.0. The van der Waals surface area contributed by atoms with E-state index in [1.54, 1.807) is 29.0 Å². The molecule has 1 atom stereocenters. The van der Waals surface area contributed by atoms with Crippen LogP contribution in [0.15, 0.2) is 24.3 Å². The van der Waals surface area contributed by atoms with Crippen molar-refractivity contribution in [1.29, 1.82) is 0 Å². The van der Waals surface area contributed by atoms with E-state index in [0.717, 1.165) is 5.56 Å². The maximum Gasteiger partial charge on any atom is 0.226 e. The van der Waals surface area contributed by atoms with E-state index in [2.05, 4.69) is 0 Å². The Morgan fingerprint density at radius 1 is 1.15 bits per heavy atom. The zero-order valence-electron chi connectivity index (χ0n) is 15.4. The third kappa shape index (κ3) is 4.86. The fraction of sp³-hybridized carbons (Fsp3) is 0.579. The van der Waals surface area contributed by atoms with Gasteiger partial charge in [-0.3, -0.25) is 9.59 Å². The highest BCUT2D eigenvalue weighted by molar-refractivity contribution is 7.91. The smallest absolute Gasteiger partial charge is 0.226 e. The van der Waals surface area contributed by atoms with Crippen molar-refractivity contribution >= 4 is 21.7 Å². The van der Waals surface area contributed by atoms with Gasteiger partial charge in [0.25, 0.3) is 0 Å². The van der Waals surface area contributed by atoms with Gasteiger partial charge < -0.3 is 9.80 Å². The molecule has 1 aromatic carbocycles. The molecule has 2 fully saturated rings. The van der Waals surface area contributed by atoms with Crippen LogP contribution in [0.1, 0.15) is 24.8 Å². The summed E-state index contributed by atoms with van der Waals surface area (Å²) in [5.74, 6) is -0.362. The van der Waals surface area contributed by atoms with Gasteiger partial charge in [0.1, 0.15) is 5.82 Å². The molecule has 8 heteroatoms. The van der Waals surface area contributed by atoms with Crippen LogP contribution in [0.2, 0.25) is 0 Å². The fourth-order valence-electron chi connectivity index (χ4n) is 3.81. The number of amides is 2. The standard InChI is InChI=1S/C19H25FN2O4S/c1-21(17-8-11-27(25,26)13-17)19(24)15-6-9-22(10-7-15)18(23)12-14-2-4-16(20)5-3-14/h2-5,15,17H,6-13H2,1H3. The van der Waals surface area contributed by atoms with Crippen molar-refractivity contribution in [3.8, 4) is 0 Å². The minimum absolute atomic E-state index is 0.0252. The zero-order chi connectivity index (χ0) is 19.6. The summed E-state index contributed by atoms with van der Waals surface area (Å²) in [6, 6.07) is 5.65. The number of benzene rings is 1. The molecule has 1 aromatic rings. The molecule has 2 aliphatic rings. The van der Waals surface area contributed by atoms with Crippen molar-refractivity contribution in [3.63, 3.8) is 0 Å². The summed E-state index contributed by atoms with van der Waals surface area (Å²) >= 11 is 0. The minimum Gasteiger partial charge on any atom is -0.342 e. The molecule has 3 rings (SSSR count). The lowest BCUT2D eigenvalue weighted by Crippen LogP contribution is -2.46. The molecule has 27 heavy (non-hydrogen) atoms. The molecular weight excluding hydrogens is 371 g/mol. The average Bonchev–Trinajstić information content (AvgIpc) is 3.02. The van der Waals surface area contributed by atoms with Gasteiger partial charge in [0, 0.05) is 32.1 Å². The number of hydrogen-bond acceptors (Lipinski definition) is 4. The van der Waals surface area contributed by atoms with E-state index < -0.39 is 9.84 Å². The molecule has 2 aliphatic heterocycles. The van der Waals surface area contributed by atoms with Gasteiger partial charge >= 0.3 is 0 Å². The lowest BCUT2D eigenvalue weighted by Gasteiger charge is -2.34. The third-order valence-corrected chi connectivity index (χ3v) is 7.32. The first kappa shape index (κ1) is 19.8. The molecule has 0 spiro atoms. The van der Waals surface area contributed by atoms with Gasteiger partial charge in [0.2, 0.25) is 11.8 Å². The number of halogens is 1. The minimum atomic E-state index is -3.03. The first-order valence-corrected chi connectivity index (χ1v) is 11.1. The first-order valence-electron chi connectivity index (χ1n) is 9.24. The first-order chi connectivity index (χ1) is 12.7. The summed E-state index contributed by atoms with van der Waals surface area (Å²) in [5, 5.41) is 0. The normalized spacial score (nSPS) is 22.6. The lowest BCUT2D eigenvalue weighted by molar-refractivity contribution is -0.140. The summed E-state index contributed by atoms with van der Waals surface area (Å²) in [7, 11) is -1.35. The number of likely N-dealkylation sites (tertiary alicyclic amines) is 1. The van der Waals surface area contributed by atoms with Crippen LogP contribution in [-0.2, 0) is 25.8 Å². The maximum atomic E-state index is 13.0. The summed E-state index contributed by atoms with van der Waals surface area (Å²) in [5.41, 5.74) is 0.766. The summed E-state index contributed by atoms with van der Waals surface area (Å²) in [6.45, 7) is 1.01. The third-order valence-electron chi connectivity index (χ3n) is 5.57. The number of hydrogen-bond donors (Lipinski definition) is 0. The monoisotopic (exact) mass is 396 g/mol. The molecule has 2 heterocycles. The molecular formula is C19H25FN2O4S. The van der Waals surface area contributed by atoms with Gasteiger partial charge in [-0.1, -0.05) is 12.1 Å². The largest absolute Gasteiger partial charge is 0.342 e. The van der Waals surface area contributed by atoms with Crippen molar-refractivity contribution in [3.05, 3.63) is 35.6 Å². The van der Waals surface area contributed by atoms with Crippen molar-refractivity contribution in [2.24, 2.45) is 5.92 Å². The van der Waals surface area contributed by atoms with Gasteiger partial charge in [-0.15, -0.1) is 0 Å². The second kappa shape index (κ2) is 7.96. The van der Waals surface area contributed by atoms with E-state index in [9.17, 15) is 22.4 Å². The van der Waals surface area contributed by atoms with Gasteiger partial charge in [-0.25, -0.2) is 12.8 Å². The quantitative estimate of drug-likeness (QED) is 0.768. The Balaban J connectivity index is 1.50. The molecule has 1 unspecified atom stereocenters. The Morgan fingerprint density at radius 3 is 2.33 bits per heavy atom. The summed E-state index contributed by atoms with van der Waals surface area (Å²) < 4.78 is 36.2. The number of sulfone groups is 1. The molecule has 2 saturated heterocycles. The van der Waals surface area contributed by atoms with E-state index >= 15 is 0 Å². The van der Waals surface area contributed by atoms with Crippen LogP contribution in [0.5, 0.6) is 0 Å². The predicted octanol–water partition coefficient (Wildman–Crippen LogP) is 1.25. The van der Waals surface area contributed by atoms with E-state index in [1.807, 2.05) is 0 Å². The highest BCUT2D eigenvalue weighted by Gasteiger charge is 2.36. The molecule has 0 radical (unpaired) electrons. The second-order valence-corrected chi connectivity index (χ2v) is 9.69. The van der Waals surface area contributed by atoms with Crippen molar-refractivity contribution in [2.75, 3.05) is 31.6 Å². The van der Waals surface area contributed by atoms with Crippen molar-refractivity contribution in [1.82, 2.24) is 9.80 Å². The zero-order valence-corrected chi connectivity index (χ0v) is 16.3. The van der Waals surface area contributed by atoms with E-state index in [1.165, 1.54) is 12.1 Å². The van der Waals surface area contributed by atoms with Crippen LogP contribution in [0.4, 0.5) is 4.39 Å². The van der Waals surface area contributed by atoms with Crippen LogP contribution in [0.25, 0.3) is 0 Å². The fourth-order valence-corrected chi connectivity index (χ4v) is 5.59. The Hall–Kier alpha value is -1.96. The summed E-state index contributed by atoms with van der Waals surface area (Å²) in [4.78, 5) is 28.4. The van der Waals surface area contributed by atoms with E-state index in [0.29, 0.717) is 32.4 Å². The molecule has 6 nitrogen and oxygen atoms in total. The van der Waals surface area contributed by atoms with Crippen LogP contribution >= 0.6 is 0 Å². The molecule has 0 saturated carbocycles. The molecule has 0 bridgehead atoms. The molecule has 2 amide bonds. The highest BCUT2D eigenvalue weighted by Crippen LogP contribution is 2.24. The van der Waals surface area contributed by atoms with Gasteiger partial charge in [0.15, 0.2) is 9.84 Å². The van der Waals surface area contributed by atoms with Gasteiger partial charge in [-0.2, -0.15) is 0 Å². The Kier molecular flexibility index (Phi) is 5.83. The second-order valence-electron chi connectivity index (χ2n) is 7.46. The van der Waals surface area contributed by atoms with E-state index in [4.69, 9.17) is 0 Å². The number of nitrogens with zero attached hydrogens (tertiary/aromatic N) is 2. The van der Waals surface area contributed by atoms with Gasteiger partial charge in [-0.05, 0) is 37.0 Å². The average molecular weight is 396 g/mol. The van der Waals surface area contributed by atoms with Crippen LogP contribution in [0.3, 0.4) is 0 Å². The molecule has 0 N–H and O–H groups in total. The predicted molar refractivity (Wildman–Crippen MR) is 99.2 cm³/mol. The molecule has 148 valence electrons. The van der Waals surface area contributed by atoms with Crippen molar-refractivity contribution < 1.29 is 22.4 Å². The lowest BCUT2D eigenvalue weighted by atomic mass is 9.94. The van der Waals surface area contributed by atoms with Crippen LogP contribution in [0, 0.1) is 11.7 Å². The Labute approximate surface area is 159 Å². The molecule has 0 aromatic heterocycles. The Morgan fingerprint density at radius 2 is 1.78 bits per heavy atom. The molecule has 0 aliphatic carbocycles. The SMILES string of the molecule is CN(C(=O)C1CCN(C(=O)Cc2ccc(F)cc2)CC1)C1CCS(=O)(=O)C1. The number of carbonyl (C=O) groups is 2.